The van der Waals surface area contributed by atoms with Gasteiger partial charge in [0.2, 0.25) is 11.8 Å². The van der Waals surface area contributed by atoms with Gasteiger partial charge in [-0.15, -0.1) is 11.8 Å². The summed E-state index contributed by atoms with van der Waals surface area (Å²) in [5.74, 6) is -2.26. The fourth-order valence-corrected chi connectivity index (χ4v) is 3.37. The summed E-state index contributed by atoms with van der Waals surface area (Å²) in [6, 6.07) is 7.63. The summed E-state index contributed by atoms with van der Waals surface area (Å²) in [7, 11) is 0. The summed E-state index contributed by atoms with van der Waals surface area (Å²) in [6.45, 7) is -0.895. The molecule has 0 saturated heterocycles. The van der Waals surface area contributed by atoms with E-state index in [4.69, 9.17) is 10.8 Å². The highest BCUT2D eigenvalue weighted by Crippen LogP contribution is 2.37. The van der Waals surface area contributed by atoms with E-state index in [2.05, 4.69) is 0 Å². The number of rotatable bonds is 5. The van der Waals surface area contributed by atoms with Crippen molar-refractivity contribution in [1.82, 2.24) is 4.90 Å². The smallest absolute Gasteiger partial charge is 0.323 e. The van der Waals surface area contributed by atoms with E-state index in [1.54, 1.807) is 0 Å². The quantitative estimate of drug-likeness (QED) is 0.802. The number of hydrogen-bond donors (Lipinski definition) is 2. The molecule has 0 aliphatic carbocycles. The van der Waals surface area contributed by atoms with Gasteiger partial charge >= 0.3 is 5.97 Å². The summed E-state index contributed by atoms with van der Waals surface area (Å²) < 4.78 is 0. The number of benzene rings is 1. The molecule has 1 aromatic rings. The molecule has 1 unspecified atom stereocenters. The Morgan fingerprint density at radius 2 is 2.00 bits per heavy atom. The Morgan fingerprint density at radius 1 is 1.30 bits per heavy atom. The van der Waals surface area contributed by atoms with Gasteiger partial charge in [0.15, 0.2) is 0 Å². The van der Waals surface area contributed by atoms with Crippen LogP contribution in [0.3, 0.4) is 0 Å². The Kier molecular flexibility index (Phi) is 4.29. The van der Waals surface area contributed by atoms with Gasteiger partial charge in [-0.25, -0.2) is 0 Å². The first-order chi connectivity index (χ1) is 9.47. The molecule has 106 valence electrons. The molecule has 7 heteroatoms. The Labute approximate surface area is 119 Å². The highest BCUT2D eigenvalue weighted by Gasteiger charge is 2.32. The van der Waals surface area contributed by atoms with Gasteiger partial charge in [0, 0.05) is 4.90 Å². The Morgan fingerprint density at radius 3 is 2.60 bits per heavy atom. The van der Waals surface area contributed by atoms with Crippen molar-refractivity contribution in [3.63, 3.8) is 0 Å². The van der Waals surface area contributed by atoms with Gasteiger partial charge in [-0.05, 0) is 18.1 Å². The number of thioether (sulfide) groups is 1. The molecule has 0 bridgehead atoms. The topological polar surface area (TPSA) is 101 Å². The van der Waals surface area contributed by atoms with E-state index in [1.807, 2.05) is 24.3 Å². The average Bonchev–Trinajstić information content (AvgIpc) is 2.79. The van der Waals surface area contributed by atoms with Gasteiger partial charge < -0.3 is 15.7 Å². The molecule has 0 fully saturated rings. The van der Waals surface area contributed by atoms with E-state index >= 15 is 0 Å². The average molecular weight is 294 g/mol. The van der Waals surface area contributed by atoms with Crippen molar-refractivity contribution in [3.8, 4) is 0 Å². The molecule has 1 heterocycles. The molecule has 2 rings (SSSR count). The fraction of sp³-hybridized carbons (Fsp3) is 0.308. The van der Waals surface area contributed by atoms with Crippen LogP contribution in [0.25, 0.3) is 0 Å². The largest absolute Gasteiger partial charge is 0.480 e. The van der Waals surface area contributed by atoms with Crippen molar-refractivity contribution in [3.05, 3.63) is 29.8 Å². The van der Waals surface area contributed by atoms with Gasteiger partial charge in [0.05, 0.1) is 11.8 Å². The molecule has 1 aliphatic heterocycles. The number of carbonyl (C=O) groups is 3. The van der Waals surface area contributed by atoms with E-state index in [9.17, 15) is 14.4 Å². The standard InChI is InChI=1S/C13H14N2O4S/c14-11(16)6-15(7-12(17)18)13(19)10-5-8-3-1-2-4-9(8)20-10/h1-4,10H,5-7H2,(H2,14,16)(H,17,18). The lowest BCUT2D eigenvalue weighted by atomic mass is 10.1. The molecule has 0 saturated carbocycles. The van der Waals surface area contributed by atoms with Crippen molar-refractivity contribution in [2.24, 2.45) is 5.73 Å². The highest BCUT2D eigenvalue weighted by atomic mass is 32.2. The number of carboxylic acid groups (broad SMARTS) is 1. The lowest BCUT2D eigenvalue weighted by Gasteiger charge is -2.21. The maximum atomic E-state index is 12.3. The van der Waals surface area contributed by atoms with Crippen LogP contribution in [0.5, 0.6) is 0 Å². The number of carboxylic acids is 1. The van der Waals surface area contributed by atoms with E-state index in [-0.39, 0.29) is 12.5 Å². The molecular weight excluding hydrogens is 280 g/mol. The van der Waals surface area contributed by atoms with Crippen LogP contribution in [-0.4, -0.2) is 46.1 Å². The third-order valence-electron chi connectivity index (χ3n) is 2.91. The monoisotopic (exact) mass is 294 g/mol. The van der Waals surface area contributed by atoms with Crippen LogP contribution in [0.2, 0.25) is 0 Å². The number of primary amides is 1. The van der Waals surface area contributed by atoms with Crippen LogP contribution in [0.1, 0.15) is 5.56 Å². The summed E-state index contributed by atoms with van der Waals surface area (Å²) >= 11 is 1.39. The fourth-order valence-electron chi connectivity index (χ4n) is 2.09. The SMILES string of the molecule is NC(=O)CN(CC(=O)O)C(=O)C1Cc2ccccc2S1. The third-order valence-corrected chi connectivity index (χ3v) is 4.21. The van der Waals surface area contributed by atoms with Crippen LogP contribution in [0.15, 0.2) is 29.2 Å². The van der Waals surface area contributed by atoms with Crippen molar-refractivity contribution >= 4 is 29.5 Å². The second-order valence-electron chi connectivity index (χ2n) is 4.47. The predicted molar refractivity (Wildman–Crippen MR) is 73.2 cm³/mol. The normalized spacial score (nSPS) is 16.5. The zero-order chi connectivity index (χ0) is 14.7. The van der Waals surface area contributed by atoms with Crippen molar-refractivity contribution in [1.29, 1.82) is 0 Å². The number of nitrogens with two attached hydrogens (primary N) is 1. The Bertz CT molecular complexity index is 520. The molecule has 0 radical (unpaired) electrons. The lowest BCUT2D eigenvalue weighted by molar-refractivity contribution is -0.145. The highest BCUT2D eigenvalue weighted by molar-refractivity contribution is 8.01. The van der Waals surface area contributed by atoms with Crippen LogP contribution < -0.4 is 5.73 Å². The van der Waals surface area contributed by atoms with E-state index in [1.165, 1.54) is 11.8 Å². The minimum absolute atomic E-state index is 0.368. The number of fused-ring (bicyclic) bond motifs is 1. The molecule has 0 aromatic heterocycles. The first-order valence-corrected chi connectivity index (χ1v) is 6.89. The summed E-state index contributed by atoms with van der Waals surface area (Å²) in [5.41, 5.74) is 6.12. The minimum Gasteiger partial charge on any atom is -0.480 e. The molecule has 1 aliphatic rings. The van der Waals surface area contributed by atoms with Gasteiger partial charge in [0.25, 0.3) is 0 Å². The zero-order valence-corrected chi connectivity index (χ0v) is 11.4. The Balaban J connectivity index is 2.09. The number of hydrogen-bond acceptors (Lipinski definition) is 4. The number of carbonyl (C=O) groups excluding carboxylic acids is 2. The van der Waals surface area contributed by atoms with Gasteiger partial charge in [-0.1, -0.05) is 18.2 Å². The van der Waals surface area contributed by atoms with Crippen LogP contribution >= 0.6 is 11.8 Å². The summed E-state index contributed by atoms with van der Waals surface area (Å²) in [5, 5.41) is 8.41. The number of nitrogens with zero attached hydrogens (tertiary/aromatic N) is 1. The van der Waals surface area contributed by atoms with Crippen molar-refractivity contribution < 1.29 is 19.5 Å². The maximum absolute atomic E-state index is 12.3. The van der Waals surface area contributed by atoms with Gasteiger partial charge in [-0.3, -0.25) is 14.4 Å². The molecular formula is C13H14N2O4S. The lowest BCUT2D eigenvalue weighted by Crippen LogP contribution is -2.45. The second-order valence-corrected chi connectivity index (χ2v) is 5.72. The van der Waals surface area contributed by atoms with E-state index in [0.29, 0.717) is 6.42 Å². The number of aliphatic carboxylic acids is 1. The first-order valence-electron chi connectivity index (χ1n) is 6.01. The molecule has 0 spiro atoms. The predicted octanol–water partition coefficient (Wildman–Crippen LogP) is 0.102. The molecule has 6 nitrogen and oxygen atoms in total. The van der Waals surface area contributed by atoms with Crippen LogP contribution in [0.4, 0.5) is 0 Å². The molecule has 3 N–H and O–H groups in total. The third kappa shape index (κ3) is 3.30. The molecule has 1 atom stereocenters. The Hall–Kier alpha value is -2.02. The van der Waals surface area contributed by atoms with E-state index < -0.39 is 23.7 Å². The maximum Gasteiger partial charge on any atom is 0.323 e. The summed E-state index contributed by atoms with van der Waals surface area (Å²) in [6.07, 6.45) is 0.536. The first kappa shape index (κ1) is 14.4. The minimum atomic E-state index is -1.17. The second kappa shape index (κ2) is 5.96. The van der Waals surface area contributed by atoms with E-state index in [0.717, 1.165) is 15.4 Å². The van der Waals surface area contributed by atoms with Gasteiger partial charge in [-0.2, -0.15) is 0 Å². The molecule has 2 amide bonds. The number of amides is 2. The molecule has 1 aromatic carbocycles. The van der Waals surface area contributed by atoms with Crippen LogP contribution in [-0.2, 0) is 20.8 Å². The molecule has 20 heavy (non-hydrogen) atoms. The summed E-state index contributed by atoms with van der Waals surface area (Å²) in [4.78, 5) is 36.1. The zero-order valence-electron chi connectivity index (χ0n) is 10.6. The van der Waals surface area contributed by atoms with Gasteiger partial charge in [0.1, 0.15) is 6.54 Å². The van der Waals surface area contributed by atoms with Crippen molar-refractivity contribution in [2.75, 3.05) is 13.1 Å². The van der Waals surface area contributed by atoms with Crippen LogP contribution in [0, 0.1) is 0 Å². The van der Waals surface area contributed by atoms with Crippen molar-refractivity contribution in [2.45, 2.75) is 16.6 Å².